The molecule has 1 saturated carbocycles. The van der Waals surface area contributed by atoms with Crippen LogP contribution in [0.1, 0.15) is 115 Å². The van der Waals surface area contributed by atoms with E-state index in [1.54, 1.807) is 45.0 Å². The van der Waals surface area contributed by atoms with Gasteiger partial charge in [-0.3, -0.25) is 33.9 Å². The summed E-state index contributed by atoms with van der Waals surface area (Å²) in [7, 11) is 1.31. The van der Waals surface area contributed by atoms with Crippen molar-refractivity contribution in [2.75, 3.05) is 119 Å². The van der Waals surface area contributed by atoms with Gasteiger partial charge in [-0.15, -0.1) is 0 Å². The van der Waals surface area contributed by atoms with E-state index >= 15 is 0 Å². The minimum absolute atomic E-state index is 0. The molecule has 8 aliphatic rings. The molecule has 21 nitrogen and oxygen atoms in total. The summed E-state index contributed by atoms with van der Waals surface area (Å²) in [6.45, 7) is 11.0. The molecule has 96 heavy (non-hydrogen) atoms. The number of carboxylic acid groups (broad SMARTS) is 1. The van der Waals surface area contributed by atoms with E-state index in [1.165, 1.54) is 84.0 Å². The molecule has 22 heteroatoms. The number of hydrogen-bond donors (Lipinski definition) is 4. The topological polar surface area (TPSA) is 243 Å². The van der Waals surface area contributed by atoms with Crippen LogP contribution in [0.15, 0.2) is 127 Å². The molecule has 0 spiro atoms. The fraction of sp³-hybridized carbons (Fsp3) is 0.432. The number of likely N-dealkylation sites (tertiary alicyclic amines) is 1. The molecule has 500 valence electrons. The van der Waals surface area contributed by atoms with Gasteiger partial charge in [-0.1, -0.05) is 79.2 Å². The average molecular weight is 1340 g/mol. The maximum absolute atomic E-state index is 13.3. The second-order valence-corrected chi connectivity index (χ2v) is 26.1. The van der Waals surface area contributed by atoms with Gasteiger partial charge in [0.15, 0.2) is 0 Å². The van der Waals surface area contributed by atoms with Gasteiger partial charge in [0.05, 0.1) is 72.9 Å². The Kier molecular flexibility index (Phi) is 23.8. The molecule has 0 radical (unpaired) electrons. The standard InChI is InChI=1S/C29H35N3O4.C23H26N2O5.C22H24N2O5.K/c33-25(18-30-11-10-20-4-1-2-5-22(20)15-30)19-31-12-13-36-27-14-21(8-9-26(27)29(31)35)28(34)32-16-23-6-3-7-24(23)17-32;1-29-23(28)17-6-7-20-21(12-17)30-11-10-25(22(20)27)15-19(26)14-24-9-8-16-4-2-3-5-18(16)13-24;25-18(13-23-8-7-15-3-1-2-4-17(15)12-23)14-24-9-10-29-20-11-16(22(27)28)5-6-19(20)21(24)26;/h1-2,4-5,8-9,14,23-25,33H,3,6-7,10-13,15-19H2;2-7,12,19,26H,8-11,13-15H2,1H3;1-6,11,18,25H,7-10,12-14H2,(H,27,28);/q;;;+1/t23?,24?,25-;19-;18-;/m111./s1. The Morgan fingerprint density at radius 1 is 0.469 bits per heavy atom. The van der Waals surface area contributed by atoms with Gasteiger partial charge in [0.1, 0.15) is 37.1 Å². The number of carbonyl (C=O) groups is 6. The van der Waals surface area contributed by atoms with E-state index in [4.69, 9.17) is 24.1 Å². The van der Waals surface area contributed by atoms with Gasteiger partial charge in [-0.05, 0) is 132 Å². The van der Waals surface area contributed by atoms with Gasteiger partial charge in [-0.2, -0.15) is 0 Å². The molecule has 14 rings (SSSR count). The number of carboxylic acids is 1. The minimum atomic E-state index is -1.07. The summed E-state index contributed by atoms with van der Waals surface area (Å²) < 4.78 is 21.9. The van der Waals surface area contributed by atoms with Crippen molar-refractivity contribution in [3.63, 3.8) is 0 Å². The third kappa shape index (κ3) is 17.1. The van der Waals surface area contributed by atoms with Crippen LogP contribution >= 0.6 is 0 Å². The fourth-order valence-electron chi connectivity index (χ4n) is 14.6. The zero-order chi connectivity index (χ0) is 66.1. The van der Waals surface area contributed by atoms with E-state index in [0.29, 0.717) is 104 Å². The van der Waals surface area contributed by atoms with Crippen LogP contribution in [0.4, 0.5) is 0 Å². The molecule has 6 aromatic carbocycles. The van der Waals surface area contributed by atoms with Crippen LogP contribution in [0.3, 0.4) is 0 Å². The molecule has 0 bridgehead atoms. The van der Waals surface area contributed by atoms with E-state index in [1.807, 2.05) is 23.1 Å². The number of aliphatic hydroxyl groups is 3. The number of fused-ring (bicyclic) bond motifs is 7. The Morgan fingerprint density at radius 2 is 0.812 bits per heavy atom. The number of aromatic carboxylic acids is 1. The van der Waals surface area contributed by atoms with Gasteiger partial charge in [0, 0.05) is 97.2 Å². The van der Waals surface area contributed by atoms with E-state index in [-0.39, 0.29) is 113 Å². The third-order valence-electron chi connectivity index (χ3n) is 19.6. The van der Waals surface area contributed by atoms with Crippen LogP contribution in [-0.2, 0) is 43.6 Å². The number of carbonyl (C=O) groups excluding carboxylic acids is 5. The quantitative estimate of drug-likeness (QED) is 0.0853. The molecule has 1 saturated heterocycles. The Morgan fingerprint density at radius 3 is 1.19 bits per heavy atom. The maximum Gasteiger partial charge on any atom is 1.00 e. The molecule has 4 amide bonds. The van der Waals surface area contributed by atoms with Crippen molar-refractivity contribution < 1.29 is 120 Å². The summed E-state index contributed by atoms with van der Waals surface area (Å²) in [5.41, 5.74) is 10.2. The number of ether oxygens (including phenoxy) is 4. The summed E-state index contributed by atoms with van der Waals surface area (Å²) in [5.74, 6) is 0.279. The zero-order valence-electron chi connectivity index (χ0n) is 54.9. The molecule has 6 aromatic rings. The van der Waals surface area contributed by atoms with E-state index in [9.17, 15) is 44.1 Å². The Balaban J connectivity index is 0.000000147. The van der Waals surface area contributed by atoms with Gasteiger partial charge < -0.3 is 59.0 Å². The predicted octanol–water partition coefficient (Wildman–Crippen LogP) is 3.18. The Labute approximate surface area is 602 Å². The molecule has 2 fully saturated rings. The van der Waals surface area contributed by atoms with Crippen LogP contribution in [0.2, 0.25) is 0 Å². The summed E-state index contributed by atoms with van der Waals surface area (Å²) >= 11 is 0. The largest absolute Gasteiger partial charge is 1.00 e. The summed E-state index contributed by atoms with van der Waals surface area (Å²) in [4.78, 5) is 88.7. The van der Waals surface area contributed by atoms with Gasteiger partial charge in [0.25, 0.3) is 23.6 Å². The van der Waals surface area contributed by atoms with Gasteiger partial charge in [0.2, 0.25) is 0 Å². The molecule has 2 unspecified atom stereocenters. The normalized spacial score (nSPS) is 20.0. The van der Waals surface area contributed by atoms with Crippen LogP contribution in [-0.4, -0.2) is 227 Å². The number of amides is 4. The van der Waals surface area contributed by atoms with Crippen molar-refractivity contribution >= 4 is 35.6 Å². The minimum Gasteiger partial charge on any atom is -0.491 e. The Bertz CT molecular complexity index is 3790. The maximum atomic E-state index is 13.3. The molecule has 5 atom stereocenters. The SMILES string of the molecule is COC(=O)c1ccc2c(c1)OCCN(C[C@H](O)CN1CCc3ccccc3C1)C2=O.O=C(O)c1ccc2c(c1)OCCN(C[C@H](O)CN1CCc3ccccc3C1)C2=O.O=C(c1ccc2c(c1)OCCN(C[C@H](O)CN1CCc3ccccc3C1)C2=O)N1CC2CCCC2C1.[K+]. The summed E-state index contributed by atoms with van der Waals surface area (Å²) in [6.07, 6.45) is 4.66. The number of rotatable bonds is 15. The molecule has 7 aliphatic heterocycles. The number of methoxy groups -OCH3 is 1. The number of hydrogen-bond acceptors (Lipinski definition) is 16. The number of nitrogens with zero attached hydrogens (tertiary/aromatic N) is 7. The zero-order valence-corrected chi connectivity index (χ0v) is 58.0. The monoisotopic (exact) mass is 1330 g/mol. The van der Waals surface area contributed by atoms with Crippen molar-refractivity contribution in [3.8, 4) is 17.2 Å². The third-order valence-corrected chi connectivity index (χ3v) is 19.6. The average Bonchev–Trinajstić information content (AvgIpc) is 1.59. The number of β-amino-alcohol motifs (C(OH)–C–C–N with tert-alkyl or cyclic N) is 3. The number of benzene rings is 6. The molecule has 4 N–H and O–H groups in total. The van der Waals surface area contributed by atoms with E-state index < -0.39 is 30.3 Å². The van der Waals surface area contributed by atoms with Gasteiger partial charge >= 0.3 is 63.3 Å². The molecular formula is C74H85KN7O14+. The van der Waals surface area contributed by atoms with Crippen molar-refractivity contribution in [2.45, 2.75) is 76.5 Å². The van der Waals surface area contributed by atoms with E-state index in [2.05, 4.69) is 69.3 Å². The fourth-order valence-corrected chi connectivity index (χ4v) is 14.6. The first kappa shape index (κ1) is 70.3. The first-order chi connectivity index (χ1) is 46.1. The van der Waals surface area contributed by atoms with Gasteiger partial charge in [-0.25, -0.2) is 9.59 Å². The van der Waals surface area contributed by atoms with Crippen molar-refractivity contribution in [3.05, 3.63) is 194 Å². The number of aliphatic hydroxyl groups excluding tert-OH is 3. The van der Waals surface area contributed by atoms with Crippen LogP contribution in [0, 0.1) is 11.8 Å². The Hall–Kier alpha value is -7.06. The van der Waals surface area contributed by atoms with Crippen molar-refractivity contribution in [1.29, 1.82) is 0 Å². The smallest absolute Gasteiger partial charge is 0.491 e. The predicted molar refractivity (Wildman–Crippen MR) is 353 cm³/mol. The number of esters is 1. The summed E-state index contributed by atoms with van der Waals surface area (Å²) in [6, 6.07) is 39.3. The molecule has 0 aromatic heterocycles. The first-order valence-corrected chi connectivity index (χ1v) is 33.3. The van der Waals surface area contributed by atoms with E-state index in [0.717, 1.165) is 71.6 Å². The second-order valence-electron chi connectivity index (χ2n) is 26.1. The second kappa shape index (κ2) is 32.5. The first-order valence-electron chi connectivity index (χ1n) is 33.3. The molecule has 7 heterocycles. The van der Waals surface area contributed by atoms with Crippen LogP contribution < -0.4 is 65.6 Å². The van der Waals surface area contributed by atoms with Crippen molar-refractivity contribution in [2.24, 2.45) is 11.8 Å². The summed E-state index contributed by atoms with van der Waals surface area (Å²) in [5, 5.41) is 41.3. The van der Waals surface area contributed by atoms with Crippen molar-refractivity contribution in [1.82, 2.24) is 34.3 Å². The molecule has 1 aliphatic carbocycles. The molecular weight excluding hydrogens is 1250 g/mol. The van der Waals surface area contributed by atoms with Crippen LogP contribution in [0.5, 0.6) is 17.2 Å². The van der Waals surface area contributed by atoms with Crippen LogP contribution in [0.25, 0.3) is 0 Å².